The Labute approximate surface area is 121 Å². The van der Waals surface area contributed by atoms with Crippen molar-refractivity contribution >= 4 is 21.2 Å². The molecule has 112 valence electrons. The molecular formula is C12H14N4O4S. The van der Waals surface area contributed by atoms with E-state index in [0.717, 1.165) is 6.26 Å². The molecule has 0 aliphatic carbocycles. The second kappa shape index (κ2) is 5.92. The molecule has 0 fully saturated rings. The summed E-state index contributed by atoms with van der Waals surface area (Å²) in [5.74, 6) is 0. The fraction of sp³-hybridized carbons (Fsp3) is 0.250. The number of nitrogens with one attached hydrogen (secondary N) is 1. The van der Waals surface area contributed by atoms with Crippen LogP contribution in [0.15, 0.2) is 41.6 Å². The average molecular weight is 310 g/mol. The molecule has 8 nitrogen and oxygen atoms in total. The van der Waals surface area contributed by atoms with Crippen LogP contribution in [0.25, 0.3) is 0 Å². The molecule has 1 N–H and O–H groups in total. The lowest BCUT2D eigenvalue weighted by Gasteiger charge is -2.08. The molecule has 2 aromatic rings. The molecule has 0 saturated carbocycles. The average Bonchev–Trinajstić information content (AvgIpc) is 2.90. The summed E-state index contributed by atoms with van der Waals surface area (Å²) in [6.07, 6.45) is 4.41. The predicted octanol–water partition coefficient (Wildman–Crippen LogP) is 1.31. The Morgan fingerprint density at radius 2 is 2.19 bits per heavy atom. The topological polar surface area (TPSA) is 107 Å². The zero-order valence-electron chi connectivity index (χ0n) is 11.3. The van der Waals surface area contributed by atoms with Crippen molar-refractivity contribution in [2.75, 3.05) is 18.1 Å². The third kappa shape index (κ3) is 3.78. The number of nitro benzene ring substituents is 1. The molecule has 1 aromatic heterocycles. The summed E-state index contributed by atoms with van der Waals surface area (Å²) >= 11 is 0. The quantitative estimate of drug-likeness (QED) is 0.636. The van der Waals surface area contributed by atoms with Gasteiger partial charge >= 0.3 is 0 Å². The molecular weight excluding hydrogens is 296 g/mol. The molecule has 0 amide bonds. The van der Waals surface area contributed by atoms with Crippen molar-refractivity contribution in [3.63, 3.8) is 0 Å². The van der Waals surface area contributed by atoms with Crippen molar-refractivity contribution in [1.29, 1.82) is 0 Å². The Kier molecular flexibility index (Phi) is 4.22. The van der Waals surface area contributed by atoms with Crippen LogP contribution < -0.4 is 5.32 Å². The van der Waals surface area contributed by atoms with E-state index < -0.39 is 20.4 Å². The smallest absolute Gasteiger partial charge is 0.288 e. The SMILES string of the molecule is CS(=O)(=O)c1cc(NCCn2cccn2)ccc1[N+](=O)[O-]. The maximum Gasteiger partial charge on any atom is 0.288 e. The molecule has 0 unspecified atom stereocenters. The molecule has 1 aromatic carbocycles. The summed E-state index contributed by atoms with van der Waals surface area (Å²) in [6, 6.07) is 5.74. The van der Waals surface area contributed by atoms with Gasteiger partial charge in [-0.15, -0.1) is 0 Å². The van der Waals surface area contributed by atoms with Crippen LogP contribution in [0.4, 0.5) is 11.4 Å². The van der Waals surface area contributed by atoms with E-state index in [4.69, 9.17) is 0 Å². The van der Waals surface area contributed by atoms with Gasteiger partial charge < -0.3 is 5.32 Å². The monoisotopic (exact) mass is 310 g/mol. The standard InChI is InChI=1S/C12H14N4O4S/c1-21(19,20)12-9-10(3-4-11(12)16(17)18)13-6-8-15-7-2-5-14-15/h2-5,7,9,13H,6,8H2,1H3. The fourth-order valence-corrected chi connectivity index (χ4v) is 2.68. The van der Waals surface area contributed by atoms with Crippen LogP contribution in [0.3, 0.4) is 0 Å². The highest BCUT2D eigenvalue weighted by molar-refractivity contribution is 7.90. The van der Waals surface area contributed by atoms with Crippen molar-refractivity contribution in [2.24, 2.45) is 0 Å². The fourth-order valence-electron chi connectivity index (χ4n) is 1.82. The molecule has 0 aliphatic rings. The van der Waals surface area contributed by atoms with E-state index in [0.29, 0.717) is 18.8 Å². The first-order valence-electron chi connectivity index (χ1n) is 6.08. The first-order valence-corrected chi connectivity index (χ1v) is 7.97. The van der Waals surface area contributed by atoms with Crippen LogP contribution >= 0.6 is 0 Å². The third-order valence-electron chi connectivity index (χ3n) is 2.79. The summed E-state index contributed by atoms with van der Waals surface area (Å²) in [5, 5.41) is 17.9. The first kappa shape index (κ1) is 15.0. The van der Waals surface area contributed by atoms with Crippen molar-refractivity contribution in [3.05, 3.63) is 46.8 Å². The van der Waals surface area contributed by atoms with Gasteiger partial charge in [-0.25, -0.2) is 8.42 Å². The van der Waals surface area contributed by atoms with E-state index in [1.807, 2.05) is 0 Å². The van der Waals surface area contributed by atoms with E-state index >= 15 is 0 Å². The number of nitro groups is 1. The molecule has 0 atom stereocenters. The summed E-state index contributed by atoms with van der Waals surface area (Å²) in [4.78, 5) is 9.86. The van der Waals surface area contributed by atoms with Gasteiger partial charge in [0.1, 0.15) is 4.90 Å². The minimum Gasteiger partial charge on any atom is -0.383 e. The normalized spacial score (nSPS) is 11.3. The van der Waals surface area contributed by atoms with Gasteiger partial charge in [-0.05, 0) is 18.2 Å². The molecule has 9 heteroatoms. The van der Waals surface area contributed by atoms with Crippen LogP contribution in [-0.4, -0.2) is 35.9 Å². The number of aromatic nitrogens is 2. The van der Waals surface area contributed by atoms with E-state index in [1.165, 1.54) is 18.2 Å². The maximum atomic E-state index is 11.6. The van der Waals surface area contributed by atoms with Crippen LogP contribution in [-0.2, 0) is 16.4 Å². The van der Waals surface area contributed by atoms with Gasteiger partial charge in [0, 0.05) is 36.9 Å². The van der Waals surface area contributed by atoms with Crippen molar-refractivity contribution in [3.8, 4) is 0 Å². The number of benzene rings is 1. The van der Waals surface area contributed by atoms with Gasteiger partial charge in [0.25, 0.3) is 5.69 Å². The van der Waals surface area contributed by atoms with E-state index in [9.17, 15) is 18.5 Å². The number of anilines is 1. The second-order valence-corrected chi connectivity index (χ2v) is 6.39. The van der Waals surface area contributed by atoms with E-state index in [2.05, 4.69) is 10.4 Å². The van der Waals surface area contributed by atoms with Gasteiger partial charge in [-0.1, -0.05) is 0 Å². The summed E-state index contributed by atoms with van der Waals surface area (Å²) in [7, 11) is -3.67. The van der Waals surface area contributed by atoms with Crippen LogP contribution in [0.5, 0.6) is 0 Å². The molecule has 21 heavy (non-hydrogen) atoms. The number of sulfone groups is 1. The van der Waals surface area contributed by atoms with Crippen LogP contribution in [0.1, 0.15) is 0 Å². The molecule has 0 aliphatic heterocycles. The largest absolute Gasteiger partial charge is 0.383 e. The van der Waals surface area contributed by atoms with Gasteiger partial charge in [0.2, 0.25) is 0 Å². The van der Waals surface area contributed by atoms with Gasteiger partial charge in [0.15, 0.2) is 9.84 Å². The number of rotatable bonds is 6. The van der Waals surface area contributed by atoms with Gasteiger partial charge in [0.05, 0.1) is 11.5 Å². The Hall–Kier alpha value is -2.42. The molecule has 0 saturated heterocycles. The summed E-state index contributed by atoms with van der Waals surface area (Å²) < 4.78 is 25.0. The molecule has 0 radical (unpaired) electrons. The van der Waals surface area contributed by atoms with Crippen LogP contribution in [0.2, 0.25) is 0 Å². The minimum absolute atomic E-state index is 0.295. The molecule has 0 spiro atoms. The summed E-state index contributed by atoms with van der Waals surface area (Å²) in [5.41, 5.74) is 0.0864. The van der Waals surface area contributed by atoms with Crippen molar-refractivity contribution < 1.29 is 13.3 Å². The second-order valence-electron chi connectivity index (χ2n) is 4.41. The highest BCUT2D eigenvalue weighted by atomic mass is 32.2. The van der Waals surface area contributed by atoms with Crippen molar-refractivity contribution in [1.82, 2.24) is 9.78 Å². The van der Waals surface area contributed by atoms with Gasteiger partial charge in [-0.2, -0.15) is 5.10 Å². The minimum atomic E-state index is -3.67. The van der Waals surface area contributed by atoms with E-state index in [1.54, 1.807) is 23.1 Å². The number of nitrogens with zero attached hydrogens (tertiary/aromatic N) is 3. The zero-order chi connectivity index (χ0) is 15.5. The summed E-state index contributed by atoms with van der Waals surface area (Å²) in [6.45, 7) is 1.11. The lowest BCUT2D eigenvalue weighted by Crippen LogP contribution is -2.11. The highest BCUT2D eigenvalue weighted by Gasteiger charge is 2.22. The molecule has 1 heterocycles. The first-order chi connectivity index (χ1) is 9.88. The lowest BCUT2D eigenvalue weighted by atomic mass is 10.3. The third-order valence-corrected chi connectivity index (χ3v) is 3.91. The highest BCUT2D eigenvalue weighted by Crippen LogP contribution is 2.26. The molecule has 0 bridgehead atoms. The van der Waals surface area contributed by atoms with Gasteiger partial charge in [-0.3, -0.25) is 14.8 Å². The van der Waals surface area contributed by atoms with E-state index in [-0.39, 0.29) is 4.90 Å². The number of hydrogen-bond donors (Lipinski definition) is 1. The van der Waals surface area contributed by atoms with Crippen molar-refractivity contribution in [2.45, 2.75) is 11.4 Å². The Balaban J connectivity index is 2.16. The predicted molar refractivity (Wildman–Crippen MR) is 76.9 cm³/mol. The Morgan fingerprint density at radius 1 is 1.43 bits per heavy atom. The number of hydrogen-bond acceptors (Lipinski definition) is 6. The Morgan fingerprint density at radius 3 is 2.76 bits per heavy atom. The lowest BCUT2D eigenvalue weighted by molar-refractivity contribution is -0.387. The zero-order valence-corrected chi connectivity index (χ0v) is 12.1. The molecule has 2 rings (SSSR count). The maximum absolute atomic E-state index is 11.6. The van der Waals surface area contributed by atoms with Crippen LogP contribution in [0, 0.1) is 10.1 Å². The Bertz CT molecular complexity index is 741.